The molecule has 3 aromatic rings. The smallest absolute Gasteiger partial charge is 0.320 e. The molecule has 48 heavy (non-hydrogen) atoms. The van der Waals surface area contributed by atoms with Crippen LogP contribution in [0, 0.1) is 5.41 Å². The highest BCUT2D eigenvalue weighted by Gasteiger charge is 2.30. The molecule has 6 rings (SSSR count). The van der Waals surface area contributed by atoms with Gasteiger partial charge in [-0.15, -0.1) is 10.2 Å². The van der Waals surface area contributed by atoms with E-state index in [1.165, 1.54) is 25.7 Å². The van der Waals surface area contributed by atoms with E-state index in [1.807, 2.05) is 34.9 Å². The fraction of sp³-hybridized carbons (Fsp3) is 0.568. The Morgan fingerprint density at radius 3 is 2.54 bits per heavy atom. The summed E-state index contributed by atoms with van der Waals surface area (Å²) in [5.41, 5.74) is 9.80. The van der Waals surface area contributed by atoms with Crippen molar-refractivity contribution in [1.29, 1.82) is 0 Å². The minimum atomic E-state index is -0.290. The Morgan fingerprint density at radius 1 is 1.00 bits per heavy atom. The second-order valence-electron chi connectivity index (χ2n) is 14.6. The number of hydrogen-bond donors (Lipinski definition) is 3. The zero-order valence-electron chi connectivity index (χ0n) is 29.1. The van der Waals surface area contributed by atoms with Crippen LogP contribution in [-0.4, -0.2) is 70.1 Å². The van der Waals surface area contributed by atoms with Gasteiger partial charge >= 0.3 is 6.03 Å². The summed E-state index contributed by atoms with van der Waals surface area (Å²) in [6, 6.07) is 12.1. The van der Waals surface area contributed by atoms with E-state index in [0.717, 1.165) is 80.3 Å². The number of anilines is 1. The molecule has 2 amide bonds. The largest absolute Gasteiger partial charge is 0.484 e. The highest BCUT2D eigenvalue weighted by Crippen LogP contribution is 2.39. The molecule has 0 saturated carbocycles. The summed E-state index contributed by atoms with van der Waals surface area (Å²) in [6.07, 6.45) is 12.5. The number of aromatic nitrogens is 3. The first kappa shape index (κ1) is 33.8. The second kappa shape index (κ2) is 15.0. The van der Waals surface area contributed by atoms with Crippen molar-refractivity contribution in [3.63, 3.8) is 0 Å². The van der Waals surface area contributed by atoms with Gasteiger partial charge in [0.25, 0.3) is 0 Å². The third-order valence-corrected chi connectivity index (χ3v) is 9.98. The molecule has 4 heterocycles. The molecule has 4 N–H and O–H groups in total. The molecule has 11 heteroatoms. The molecule has 0 spiro atoms. The predicted molar refractivity (Wildman–Crippen MR) is 191 cm³/mol. The SMILES string of the molecule is C[C@H]1CCCCN1c1nnc2ccc(O[C@@H]3CC[C@H](NC(=O)NC(/C=C(\N)C(C)(C)C)=NCCN4CCCCC4)c4ccccc43)cn12. The maximum Gasteiger partial charge on any atom is 0.320 e. The lowest BCUT2D eigenvalue weighted by molar-refractivity contribution is 0.171. The number of carbonyl (C=O) groups excluding carboxylic acids is 1. The number of amides is 2. The molecule has 1 aliphatic carbocycles. The molecule has 2 aromatic heterocycles. The minimum Gasteiger partial charge on any atom is -0.484 e. The van der Waals surface area contributed by atoms with Gasteiger partial charge in [0.15, 0.2) is 5.65 Å². The number of likely N-dealkylation sites (tertiary alicyclic amines) is 1. The van der Waals surface area contributed by atoms with Crippen LogP contribution in [0.3, 0.4) is 0 Å². The number of aliphatic imine (C=N–C) groups is 1. The van der Waals surface area contributed by atoms with Crippen molar-refractivity contribution in [3.8, 4) is 5.75 Å². The second-order valence-corrected chi connectivity index (χ2v) is 14.6. The third-order valence-electron chi connectivity index (χ3n) is 9.98. The molecule has 1 aromatic carbocycles. The molecule has 2 fully saturated rings. The average molecular weight is 656 g/mol. The van der Waals surface area contributed by atoms with Gasteiger partial charge in [-0.1, -0.05) is 51.5 Å². The van der Waals surface area contributed by atoms with Gasteiger partial charge in [0, 0.05) is 30.2 Å². The number of carbonyl (C=O) groups is 1. The predicted octanol–water partition coefficient (Wildman–Crippen LogP) is 6.14. The zero-order valence-corrected chi connectivity index (χ0v) is 29.1. The molecule has 0 bridgehead atoms. The topological polar surface area (TPSA) is 125 Å². The van der Waals surface area contributed by atoms with Gasteiger partial charge in [-0.25, -0.2) is 4.79 Å². The maximum absolute atomic E-state index is 13.5. The summed E-state index contributed by atoms with van der Waals surface area (Å²) in [5.74, 6) is 2.13. The number of benzene rings is 1. The van der Waals surface area contributed by atoms with Gasteiger partial charge in [0.05, 0.1) is 18.8 Å². The number of urea groups is 1. The average Bonchev–Trinajstić information content (AvgIpc) is 3.49. The van der Waals surface area contributed by atoms with Crippen LogP contribution in [0.4, 0.5) is 10.7 Å². The minimum absolute atomic E-state index is 0.143. The van der Waals surface area contributed by atoms with Crippen molar-refractivity contribution >= 4 is 23.5 Å². The number of rotatable bonds is 8. The first-order valence-corrected chi connectivity index (χ1v) is 17.8. The number of ether oxygens (including phenoxy) is 1. The number of hydrogen-bond acceptors (Lipinski definition) is 8. The van der Waals surface area contributed by atoms with Crippen LogP contribution >= 0.6 is 0 Å². The van der Waals surface area contributed by atoms with E-state index in [1.54, 1.807) is 6.08 Å². The van der Waals surface area contributed by atoms with E-state index >= 15 is 0 Å². The van der Waals surface area contributed by atoms with Crippen molar-refractivity contribution in [3.05, 3.63) is 65.5 Å². The van der Waals surface area contributed by atoms with E-state index < -0.39 is 0 Å². The summed E-state index contributed by atoms with van der Waals surface area (Å²) in [5, 5.41) is 15.2. The number of pyridine rings is 1. The molecule has 2 saturated heterocycles. The van der Waals surface area contributed by atoms with Crippen LogP contribution in [0.1, 0.15) is 102 Å². The van der Waals surface area contributed by atoms with Gasteiger partial charge in [0.1, 0.15) is 17.7 Å². The molecule has 2 aliphatic heterocycles. The monoisotopic (exact) mass is 655 g/mol. The molecule has 3 aliphatic rings. The normalized spacial score (nSPS) is 22.8. The number of nitrogens with two attached hydrogens (primary N) is 1. The number of nitrogens with zero attached hydrogens (tertiary/aromatic N) is 6. The molecule has 11 nitrogen and oxygen atoms in total. The highest BCUT2D eigenvalue weighted by atomic mass is 16.5. The number of allylic oxidation sites excluding steroid dienone is 1. The van der Waals surface area contributed by atoms with Gasteiger partial charge in [-0.2, -0.15) is 0 Å². The third kappa shape index (κ3) is 8.11. The van der Waals surface area contributed by atoms with Crippen molar-refractivity contribution in [2.75, 3.05) is 37.6 Å². The summed E-state index contributed by atoms with van der Waals surface area (Å²) >= 11 is 0. The lowest BCUT2D eigenvalue weighted by Crippen LogP contribution is -2.42. The van der Waals surface area contributed by atoms with Crippen LogP contribution < -0.4 is 26.0 Å². The molecule has 0 unspecified atom stereocenters. The van der Waals surface area contributed by atoms with Crippen LogP contribution in [0.15, 0.2) is 59.4 Å². The molecular formula is C37H53N9O2. The van der Waals surface area contributed by atoms with Crippen molar-refractivity contribution < 1.29 is 9.53 Å². The Labute approximate surface area is 285 Å². The number of nitrogens with one attached hydrogen (secondary N) is 2. The van der Waals surface area contributed by atoms with Crippen LogP contribution in [0.5, 0.6) is 5.75 Å². The first-order valence-electron chi connectivity index (χ1n) is 17.8. The van der Waals surface area contributed by atoms with E-state index in [0.29, 0.717) is 24.1 Å². The molecular weight excluding hydrogens is 602 g/mol. The quantitative estimate of drug-likeness (QED) is 0.197. The summed E-state index contributed by atoms with van der Waals surface area (Å²) < 4.78 is 8.70. The van der Waals surface area contributed by atoms with Crippen LogP contribution in [0.2, 0.25) is 0 Å². The van der Waals surface area contributed by atoms with Crippen LogP contribution in [0.25, 0.3) is 5.65 Å². The number of amidine groups is 1. The fourth-order valence-corrected chi connectivity index (χ4v) is 7.00. The summed E-state index contributed by atoms with van der Waals surface area (Å²) in [7, 11) is 0. The van der Waals surface area contributed by atoms with Crippen molar-refractivity contribution in [2.45, 2.75) is 97.2 Å². The lowest BCUT2D eigenvalue weighted by atomic mass is 9.85. The summed E-state index contributed by atoms with van der Waals surface area (Å²) in [6.45, 7) is 13.1. The van der Waals surface area contributed by atoms with E-state index in [-0.39, 0.29) is 23.6 Å². The Balaban J connectivity index is 1.14. The number of piperidine rings is 2. The number of fused-ring (bicyclic) bond motifs is 2. The Bertz CT molecular complexity index is 1620. The van der Waals surface area contributed by atoms with E-state index in [2.05, 4.69) is 70.5 Å². The van der Waals surface area contributed by atoms with Gasteiger partial charge in [-0.05, 0) is 94.3 Å². The standard InChI is InChI=1S/C37H53N9O2/c1-26-12-8-11-22-45(26)36-43-42-34-18-15-27(25-46(34)36)48-31-17-16-30(28-13-6-7-14-29(28)31)40-35(47)41-33(24-32(38)37(2,3)4)39-19-23-44-20-9-5-10-21-44/h6-7,13-15,18,24-26,30-31H,5,8-12,16-17,19-23,38H2,1-4H3,(H2,39,40,41,47)/b32-24-/t26-,30-,31+/m0/s1. The Morgan fingerprint density at radius 2 is 1.77 bits per heavy atom. The zero-order chi connectivity index (χ0) is 33.7. The lowest BCUT2D eigenvalue weighted by Gasteiger charge is -2.33. The van der Waals surface area contributed by atoms with Crippen molar-refractivity contribution in [2.24, 2.45) is 16.1 Å². The fourth-order valence-electron chi connectivity index (χ4n) is 7.00. The van der Waals surface area contributed by atoms with E-state index in [4.69, 9.17) is 15.5 Å². The highest BCUT2D eigenvalue weighted by molar-refractivity contribution is 6.04. The van der Waals surface area contributed by atoms with Gasteiger partial charge in [0.2, 0.25) is 5.95 Å². The van der Waals surface area contributed by atoms with Gasteiger partial charge < -0.3 is 25.6 Å². The Kier molecular flexibility index (Phi) is 10.5. The van der Waals surface area contributed by atoms with Crippen LogP contribution in [-0.2, 0) is 0 Å². The maximum atomic E-state index is 13.5. The molecule has 258 valence electrons. The van der Waals surface area contributed by atoms with Crippen molar-refractivity contribution in [1.82, 2.24) is 30.1 Å². The molecule has 3 atom stereocenters. The van der Waals surface area contributed by atoms with E-state index in [9.17, 15) is 4.79 Å². The molecule has 0 radical (unpaired) electrons. The summed E-state index contributed by atoms with van der Waals surface area (Å²) in [4.78, 5) is 23.0. The Hall–Kier alpha value is -4.12. The van der Waals surface area contributed by atoms with Gasteiger partial charge in [-0.3, -0.25) is 14.7 Å². The first-order chi connectivity index (χ1) is 23.2.